The van der Waals surface area contributed by atoms with E-state index in [1.807, 2.05) is 12.1 Å². The Hall–Kier alpha value is -2.95. The third-order valence-corrected chi connectivity index (χ3v) is 3.12. The molecule has 1 aliphatic heterocycles. The molecule has 0 radical (unpaired) electrons. The number of nitrogens with zero attached hydrogens (tertiary/aromatic N) is 1. The van der Waals surface area contributed by atoms with Crippen LogP contribution in [0.5, 0.6) is 0 Å². The zero-order valence-electron chi connectivity index (χ0n) is 11.4. The third kappa shape index (κ3) is 2.67. The quantitative estimate of drug-likeness (QED) is 0.830. The number of benzene rings is 1. The largest absolute Gasteiger partial charge is 0.326 e. The Morgan fingerprint density at radius 1 is 1.33 bits per heavy atom. The van der Waals surface area contributed by atoms with Gasteiger partial charge in [-0.25, -0.2) is 0 Å². The van der Waals surface area contributed by atoms with Gasteiger partial charge in [0.05, 0.1) is 0 Å². The maximum atomic E-state index is 12.1. The average Bonchev–Trinajstić information content (AvgIpc) is 2.76. The predicted molar refractivity (Wildman–Crippen MR) is 81.5 cm³/mol. The second-order valence-corrected chi connectivity index (χ2v) is 4.74. The molecular weight excluding hydrogens is 266 g/mol. The van der Waals surface area contributed by atoms with Crippen molar-refractivity contribution in [3.05, 3.63) is 53.9 Å². The van der Waals surface area contributed by atoms with Crippen molar-refractivity contribution in [1.29, 1.82) is 0 Å². The maximum absolute atomic E-state index is 12.1. The van der Waals surface area contributed by atoms with Gasteiger partial charge in [-0.3, -0.25) is 14.6 Å². The number of nitrogens with one attached hydrogen (secondary N) is 2. The molecule has 0 bridgehead atoms. The molecule has 21 heavy (non-hydrogen) atoms. The molecule has 5 heteroatoms. The van der Waals surface area contributed by atoms with E-state index in [2.05, 4.69) is 15.6 Å². The van der Waals surface area contributed by atoms with Gasteiger partial charge in [-0.15, -0.1) is 0 Å². The molecule has 0 aliphatic carbocycles. The summed E-state index contributed by atoms with van der Waals surface area (Å²) in [5, 5.41) is 5.52. The summed E-state index contributed by atoms with van der Waals surface area (Å²) in [5.41, 5.74) is 3.58. The van der Waals surface area contributed by atoms with Crippen molar-refractivity contribution in [2.24, 2.45) is 0 Å². The van der Waals surface area contributed by atoms with Crippen molar-refractivity contribution in [2.75, 3.05) is 10.6 Å². The monoisotopic (exact) mass is 279 g/mol. The van der Waals surface area contributed by atoms with Gasteiger partial charge in [0, 0.05) is 41.8 Å². The molecule has 104 valence electrons. The maximum Gasteiger partial charge on any atom is 0.256 e. The van der Waals surface area contributed by atoms with Crippen LogP contribution in [-0.2, 0) is 9.59 Å². The van der Waals surface area contributed by atoms with Gasteiger partial charge in [-0.05, 0) is 35.9 Å². The van der Waals surface area contributed by atoms with Gasteiger partial charge in [-0.2, -0.15) is 0 Å². The highest BCUT2D eigenvalue weighted by Crippen LogP contribution is 2.34. The molecule has 2 heterocycles. The Morgan fingerprint density at radius 3 is 2.90 bits per heavy atom. The first kappa shape index (κ1) is 13.1. The van der Waals surface area contributed by atoms with Gasteiger partial charge in [0.25, 0.3) is 5.91 Å². The summed E-state index contributed by atoms with van der Waals surface area (Å²) < 4.78 is 0. The van der Waals surface area contributed by atoms with E-state index in [9.17, 15) is 9.59 Å². The Kier molecular flexibility index (Phi) is 3.23. The van der Waals surface area contributed by atoms with Gasteiger partial charge in [0.15, 0.2) is 0 Å². The highest BCUT2D eigenvalue weighted by atomic mass is 16.2. The van der Waals surface area contributed by atoms with E-state index in [-0.39, 0.29) is 11.8 Å². The van der Waals surface area contributed by atoms with Gasteiger partial charge < -0.3 is 10.6 Å². The normalized spacial score (nSPS) is 14.7. The predicted octanol–water partition coefficient (Wildman–Crippen LogP) is 2.53. The summed E-state index contributed by atoms with van der Waals surface area (Å²) in [6, 6.07) is 9.02. The molecule has 3 rings (SSSR count). The van der Waals surface area contributed by atoms with Crippen LogP contribution in [-0.4, -0.2) is 16.8 Å². The molecule has 2 aromatic rings. The smallest absolute Gasteiger partial charge is 0.256 e. The van der Waals surface area contributed by atoms with Gasteiger partial charge in [-0.1, -0.05) is 6.07 Å². The molecule has 0 spiro atoms. The van der Waals surface area contributed by atoms with Crippen LogP contribution in [0.4, 0.5) is 11.4 Å². The van der Waals surface area contributed by atoms with Crippen molar-refractivity contribution in [3.8, 4) is 0 Å². The molecule has 1 aromatic carbocycles. The second-order valence-electron chi connectivity index (χ2n) is 4.74. The summed E-state index contributed by atoms with van der Waals surface area (Å²) in [7, 11) is 0. The first-order valence-electron chi connectivity index (χ1n) is 6.48. The number of aromatic nitrogens is 1. The molecule has 2 N–H and O–H groups in total. The minimum Gasteiger partial charge on any atom is -0.326 e. The second kappa shape index (κ2) is 5.20. The molecular formula is C16H13N3O2. The number of carbonyl (C=O) groups excluding carboxylic acids is 2. The first-order valence-corrected chi connectivity index (χ1v) is 6.48. The van der Waals surface area contributed by atoms with E-state index in [1.165, 1.54) is 6.92 Å². The summed E-state index contributed by atoms with van der Waals surface area (Å²) in [4.78, 5) is 27.2. The molecule has 0 atom stereocenters. The summed E-state index contributed by atoms with van der Waals surface area (Å²) in [5.74, 6) is -0.307. The molecule has 0 saturated heterocycles. The van der Waals surface area contributed by atoms with Crippen molar-refractivity contribution in [1.82, 2.24) is 4.98 Å². The van der Waals surface area contributed by atoms with Gasteiger partial charge in [0.1, 0.15) is 0 Å². The number of fused-ring (bicyclic) bond motifs is 1. The van der Waals surface area contributed by atoms with Gasteiger partial charge >= 0.3 is 0 Å². The SMILES string of the molecule is CC(=O)Nc1ccc2c(c1)/C(=C\c1cccnc1)C(=O)N2. The number of hydrogen-bond acceptors (Lipinski definition) is 3. The highest BCUT2D eigenvalue weighted by Gasteiger charge is 2.24. The molecule has 1 aromatic heterocycles. The van der Waals surface area contributed by atoms with Crippen molar-refractivity contribution in [2.45, 2.75) is 6.92 Å². The van der Waals surface area contributed by atoms with Crippen molar-refractivity contribution in [3.63, 3.8) is 0 Å². The van der Waals surface area contributed by atoms with Crippen LogP contribution < -0.4 is 10.6 Å². The van der Waals surface area contributed by atoms with Crippen LogP contribution in [0.1, 0.15) is 18.1 Å². The number of amides is 2. The van der Waals surface area contributed by atoms with Crippen molar-refractivity contribution >= 4 is 34.8 Å². The van der Waals surface area contributed by atoms with Crippen LogP contribution >= 0.6 is 0 Å². The average molecular weight is 279 g/mol. The Morgan fingerprint density at radius 2 is 2.19 bits per heavy atom. The lowest BCUT2D eigenvalue weighted by molar-refractivity contribution is -0.114. The topological polar surface area (TPSA) is 71.1 Å². The van der Waals surface area contributed by atoms with Crippen LogP contribution in [0, 0.1) is 0 Å². The molecule has 1 aliphatic rings. The number of rotatable bonds is 2. The minimum absolute atomic E-state index is 0.148. The molecule has 0 saturated carbocycles. The van der Waals surface area contributed by atoms with E-state index in [0.29, 0.717) is 11.3 Å². The Balaban J connectivity index is 2.03. The number of pyridine rings is 1. The highest BCUT2D eigenvalue weighted by molar-refractivity contribution is 6.35. The summed E-state index contributed by atoms with van der Waals surface area (Å²) >= 11 is 0. The standard InChI is InChI=1S/C16H13N3O2/c1-10(20)18-12-4-5-15-13(8-12)14(16(21)19-15)7-11-3-2-6-17-9-11/h2-9H,1H3,(H,18,20)(H,19,21)/b14-7+. The lowest BCUT2D eigenvalue weighted by atomic mass is 10.0. The number of carbonyl (C=O) groups is 2. The zero-order chi connectivity index (χ0) is 14.8. The van der Waals surface area contributed by atoms with E-state index >= 15 is 0 Å². The fraction of sp³-hybridized carbons (Fsp3) is 0.0625. The van der Waals surface area contributed by atoms with Crippen molar-refractivity contribution < 1.29 is 9.59 Å². The minimum atomic E-state index is -0.158. The number of anilines is 2. The fourth-order valence-corrected chi connectivity index (χ4v) is 2.24. The fourth-order valence-electron chi connectivity index (χ4n) is 2.24. The molecule has 0 unspecified atom stereocenters. The van der Waals surface area contributed by atoms with E-state index in [1.54, 1.807) is 36.7 Å². The lowest BCUT2D eigenvalue weighted by Crippen LogP contribution is -2.05. The van der Waals surface area contributed by atoms with Gasteiger partial charge in [0.2, 0.25) is 5.91 Å². The van der Waals surface area contributed by atoms with E-state index in [0.717, 1.165) is 16.8 Å². The first-order chi connectivity index (χ1) is 10.1. The third-order valence-electron chi connectivity index (χ3n) is 3.12. The van der Waals surface area contributed by atoms with Crippen LogP contribution in [0.3, 0.4) is 0 Å². The lowest BCUT2D eigenvalue weighted by Gasteiger charge is -2.05. The molecule has 5 nitrogen and oxygen atoms in total. The molecule has 2 amide bonds. The van der Waals surface area contributed by atoms with Crippen LogP contribution in [0.2, 0.25) is 0 Å². The summed E-state index contributed by atoms with van der Waals surface area (Å²) in [6.07, 6.45) is 5.15. The Bertz CT molecular complexity index is 751. The van der Waals surface area contributed by atoms with Crippen LogP contribution in [0.25, 0.3) is 11.6 Å². The van der Waals surface area contributed by atoms with Crippen LogP contribution in [0.15, 0.2) is 42.7 Å². The Labute approximate surface area is 121 Å². The number of hydrogen-bond donors (Lipinski definition) is 2. The zero-order valence-corrected chi connectivity index (χ0v) is 11.4. The van der Waals surface area contributed by atoms with E-state index in [4.69, 9.17) is 0 Å². The van der Waals surface area contributed by atoms with E-state index < -0.39 is 0 Å². The molecule has 0 fully saturated rings. The summed E-state index contributed by atoms with van der Waals surface area (Å²) in [6.45, 7) is 1.45.